The van der Waals surface area contributed by atoms with Crippen molar-refractivity contribution >= 4 is 52.3 Å². The number of carbonyl (C=O) groups is 3. The largest absolute Gasteiger partial charge is 0.325 e. The van der Waals surface area contributed by atoms with Crippen LogP contribution >= 0.6 is 23.5 Å². The van der Waals surface area contributed by atoms with Crippen molar-refractivity contribution in [2.24, 2.45) is 0 Å². The molecule has 0 bridgehead atoms. The normalized spacial score (nSPS) is 14.7. The molecule has 1 heterocycles. The smallest absolute Gasteiger partial charge is 0.294 e. The van der Waals surface area contributed by atoms with Crippen LogP contribution in [0, 0.1) is 20.8 Å². The van der Waals surface area contributed by atoms with Crippen LogP contribution < -0.4 is 5.32 Å². The van der Waals surface area contributed by atoms with E-state index in [-0.39, 0.29) is 6.54 Å². The van der Waals surface area contributed by atoms with Crippen LogP contribution in [0.25, 0.3) is 6.08 Å². The highest BCUT2D eigenvalue weighted by Gasteiger charge is 2.36. The maximum atomic E-state index is 12.8. The van der Waals surface area contributed by atoms with Crippen LogP contribution in [0.3, 0.4) is 0 Å². The second-order valence-corrected chi connectivity index (χ2v) is 10.3. The highest BCUT2D eigenvalue weighted by molar-refractivity contribution is 8.18. The summed E-state index contributed by atoms with van der Waals surface area (Å²) in [6, 6.07) is 21.8. The number of nitrogens with zero attached hydrogens (tertiary/aromatic N) is 1. The predicted molar refractivity (Wildman–Crippen MR) is 139 cm³/mol. The minimum absolute atomic E-state index is 0.308. The van der Waals surface area contributed by atoms with E-state index in [1.807, 2.05) is 56.3 Å². The lowest BCUT2D eigenvalue weighted by Crippen LogP contribution is -2.36. The second-order valence-electron chi connectivity index (χ2n) is 8.18. The number of aryl methyl sites for hydroxylation is 3. The number of anilines is 1. The molecule has 1 N–H and O–H groups in total. The third-order valence-electron chi connectivity index (χ3n) is 5.12. The van der Waals surface area contributed by atoms with E-state index in [9.17, 15) is 14.4 Å². The molecular formula is C27H24N2O3S2. The zero-order valence-electron chi connectivity index (χ0n) is 19.1. The van der Waals surface area contributed by atoms with Gasteiger partial charge >= 0.3 is 0 Å². The fourth-order valence-corrected chi connectivity index (χ4v) is 5.21. The molecule has 0 aromatic heterocycles. The Morgan fingerprint density at radius 2 is 1.47 bits per heavy atom. The Morgan fingerprint density at radius 1 is 0.882 bits per heavy atom. The van der Waals surface area contributed by atoms with Gasteiger partial charge in [0, 0.05) is 15.5 Å². The summed E-state index contributed by atoms with van der Waals surface area (Å²) < 4.78 is 0. The average molecular weight is 489 g/mol. The summed E-state index contributed by atoms with van der Waals surface area (Å²) in [6.07, 6.45) is 1.69. The fraction of sp³-hybridized carbons (Fsp3) is 0.148. The summed E-state index contributed by atoms with van der Waals surface area (Å²) in [4.78, 5) is 41.2. The van der Waals surface area contributed by atoms with Crippen molar-refractivity contribution < 1.29 is 14.4 Å². The highest BCUT2D eigenvalue weighted by atomic mass is 32.2. The van der Waals surface area contributed by atoms with Gasteiger partial charge in [0.05, 0.1) is 4.91 Å². The number of hydrogen-bond acceptors (Lipinski definition) is 5. The molecule has 0 saturated carbocycles. The van der Waals surface area contributed by atoms with Crippen LogP contribution in [0.4, 0.5) is 10.5 Å². The lowest BCUT2D eigenvalue weighted by molar-refractivity contribution is -0.127. The fourth-order valence-electron chi connectivity index (χ4n) is 3.55. The SMILES string of the molecule is Cc1ccc(Sc2ccc(/C=C3\SC(=O)N(CC(=O)Nc4cc(C)cc(C)c4)C3=O)cc2)cc1. The summed E-state index contributed by atoms with van der Waals surface area (Å²) in [7, 11) is 0. The number of carbonyl (C=O) groups excluding carboxylic acids is 3. The van der Waals surface area contributed by atoms with Crippen molar-refractivity contribution in [1.29, 1.82) is 0 Å². The molecule has 34 heavy (non-hydrogen) atoms. The first kappa shape index (κ1) is 23.9. The molecule has 0 unspecified atom stereocenters. The summed E-state index contributed by atoms with van der Waals surface area (Å²) in [5, 5.41) is 2.32. The van der Waals surface area contributed by atoms with Gasteiger partial charge in [0.1, 0.15) is 6.54 Å². The molecule has 0 aliphatic carbocycles. The maximum absolute atomic E-state index is 12.8. The molecule has 1 saturated heterocycles. The van der Waals surface area contributed by atoms with Crippen molar-refractivity contribution in [1.82, 2.24) is 4.90 Å². The van der Waals surface area contributed by atoms with Crippen LogP contribution in [0.2, 0.25) is 0 Å². The molecule has 172 valence electrons. The second kappa shape index (κ2) is 10.3. The predicted octanol–water partition coefficient (Wildman–Crippen LogP) is 6.44. The van der Waals surface area contributed by atoms with Gasteiger partial charge in [-0.3, -0.25) is 19.3 Å². The van der Waals surface area contributed by atoms with Crippen molar-refractivity contribution in [2.45, 2.75) is 30.6 Å². The average Bonchev–Trinajstić information content (AvgIpc) is 3.03. The van der Waals surface area contributed by atoms with Gasteiger partial charge in [0.15, 0.2) is 0 Å². The number of rotatable bonds is 6. The van der Waals surface area contributed by atoms with Gasteiger partial charge < -0.3 is 5.32 Å². The number of imide groups is 1. The van der Waals surface area contributed by atoms with Crippen molar-refractivity contribution in [2.75, 3.05) is 11.9 Å². The van der Waals surface area contributed by atoms with Gasteiger partial charge in [-0.15, -0.1) is 0 Å². The molecule has 5 nitrogen and oxygen atoms in total. The molecule has 4 rings (SSSR count). The van der Waals surface area contributed by atoms with Gasteiger partial charge in [-0.1, -0.05) is 47.7 Å². The molecular weight excluding hydrogens is 464 g/mol. The maximum Gasteiger partial charge on any atom is 0.294 e. The summed E-state index contributed by atoms with van der Waals surface area (Å²) in [5.74, 6) is -0.866. The van der Waals surface area contributed by atoms with E-state index in [1.165, 1.54) is 5.56 Å². The minimum atomic E-state index is -0.455. The van der Waals surface area contributed by atoms with Crippen LogP contribution in [0.5, 0.6) is 0 Å². The first-order valence-electron chi connectivity index (χ1n) is 10.7. The van der Waals surface area contributed by atoms with Crippen molar-refractivity contribution in [3.05, 3.63) is 93.9 Å². The zero-order valence-corrected chi connectivity index (χ0v) is 20.8. The Bertz CT molecular complexity index is 1260. The van der Waals surface area contributed by atoms with E-state index >= 15 is 0 Å². The Morgan fingerprint density at radius 3 is 2.09 bits per heavy atom. The summed E-state index contributed by atoms with van der Waals surface area (Å²) in [6.45, 7) is 5.62. The number of nitrogens with one attached hydrogen (secondary N) is 1. The molecule has 3 aromatic rings. The van der Waals surface area contributed by atoms with E-state index in [4.69, 9.17) is 0 Å². The van der Waals surface area contributed by atoms with Gasteiger partial charge in [0.2, 0.25) is 5.91 Å². The molecule has 7 heteroatoms. The Labute approximate surface area is 207 Å². The third-order valence-corrected chi connectivity index (χ3v) is 7.04. The van der Waals surface area contributed by atoms with E-state index in [2.05, 4.69) is 36.5 Å². The van der Waals surface area contributed by atoms with Crippen molar-refractivity contribution in [3.63, 3.8) is 0 Å². The van der Waals surface area contributed by atoms with Crippen LogP contribution in [0.15, 0.2) is 81.4 Å². The van der Waals surface area contributed by atoms with Crippen LogP contribution in [0.1, 0.15) is 22.3 Å². The van der Waals surface area contributed by atoms with Gasteiger partial charge in [-0.05, 0) is 91.7 Å². The number of benzene rings is 3. The molecule has 1 aliphatic rings. The number of amides is 3. The topological polar surface area (TPSA) is 66.5 Å². The van der Waals surface area contributed by atoms with Crippen LogP contribution in [-0.4, -0.2) is 28.5 Å². The minimum Gasteiger partial charge on any atom is -0.325 e. The number of thioether (sulfide) groups is 1. The molecule has 0 radical (unpaired) electrons. The zero-order chi connectivity index (χ0) is 24.2. The molecule has 3 amide bonds. The third kappa shape index (κ3) is 5.98. The Balaban J connectivity index is 1.39. The quantitative estimate of drug-likeness (QED) is 0.405. The monoisotopic (exact) mass is 488 g/mol. The van der Waals surface area contributed by atoms with Gasteiger partial charge in [-0.2, -0.15) is 0 Å². The Kier molecular flexibility index (Phi) is 7.24. The van der Waals surface area contributed by atoms with E-state index in [1.54, 1.807) is 17.8 Å². The number of hydrogen-bond donors (Lipinski definition) is 1. The van der Waals surface area contributed by atoms with Crippen LogP contribution in [-0.2, 0) is 9.59 Å². The lowest BCUT2D eigenvalue weighted by atomic mass is 10.1. The summed E-state index contributed by atoms with van der Waals surface area (Å²) in [5.41, 5.74) is 4.73. The first-order valence-corrected chi connectivity index (χ1v) is 12.4. The highest BCUT2D eigenvalue weighted by Crippen LogP contribution is 2.33. The first-order chi connectivity index (χ1) is 16.3. The molecule has 3 aromatic carbocycles. The standard InChI is InChI=1S/C27H24N2O3S2/c1-17-4-8-22(9-5-17)33-23-10-6-20(7-11-23)15-24-26(31)29(27(32)34-24)16-25(30)28-21-13-18(2)12-19(3)14-21/h4-15H,16H2,1-3H3,(H,28,30)/b24-15-. The molecule has 1 aliphatic heterocycles. The summed E-state index contributed by atoms with van der Waals surface area (Å²) >= 11 is 2.51. The lowest BCUT2D eigenvalue weighted by Gasteiger charge is -2.13. The van der Waals surface area contributed by atoms with Gasteiger partial charge in [0.25, 0.3) is 11.1 Å². The van der Waals surface area contributed by atoms with E-state index in [0.717, 1.165) is 43.1 Å². The molecule has 0 spiro atoms. The van der Waals surface area contributed by atoms with E-state index in [0.29, 0.717) is 10.6 Å². The van der Waals surface area contributed by atoms with Gasteiger partial charge in [-0.25, -0.2) is 0 Å². The molecule has 0 atom stereocenters. The van der Waals surface area contributed by atoms with Crippen molar-refractivity contribution in [3.8, 4) is 0 Å². The Hall–Kier alpha value is -3.29. The van der Waals surface area contributed by atoms with E-state index < -0.39 is 17.1 Å². The molecule has 1 fully saturated rings.